The van der Waals surface area contributed by atoms with E-state index in [9.17, 15) is 0 Å². The molecule has 0 bridgehead atoms. The molecule has 0 saturated heterocycles. The van der Waals surface area contributed by atoms with Crippen LogP contribution in [0.3, 0.4) is 0 Å². The number of rotatable bonds is 3. The summed E-state index contributed by atoms with van der Waals surface area (Å²) in [5.74, 6) is 0. The Morgan fingerprint density at radius 2 is 2.12 bits per heavy atom. The predicted octanol–water partition coefficient (Wildman–Crippen LogP) is 2.19. The Morgan fingerprint density at radius 3 is 2.88 bits per heavy atom. The van der Waals surface area contributed by atoms with E-state index in [4.69, 9.17) is 10.5 Å². The molecule has 1 heterocycles. The number of ether oxygens (including phenoxy) is 1. The van der Waals surface area contributed by atoms with Gasteiger partial charge in [0.25, 0.3) is 0 Å². The summed E-state index contributed by atoms with van der Waals surface area (Å²) in [7, 11) is 1.65. The average Bonchev–Trinajstić information content (AvgIpc) is 2.29. The highest BCUT2D eigenvalue weighted by Crippen LogP contribution is 2.19. The molecular formula is C13H16N2O. The first-order valence-electron chi connectivity index (χ1n) is 5.33. The Balaban J connectivity index is 2.49. The molecule has 1 atom stereocenters. The lowest BCUT2D eigenvalue weighted by Gasteiger charge is -2.12. The van der Waals surface area contributed by atoms with E-state index < -0.39 is 0 Å². The number of para-hydroxylation sites is 1. The third-order valence-electron chi connectivity index (χ3n) is 2.67. The van der Waals surface area contributed by atoms with Gasteiger partial charge in [-0.1, -0.05) is 18.2 Å². The van der Waals surface area contributed by atoms with Crippen LogP contribution in [0.2, 0.25) is 0 Å². The van der Waals surface area contributed by atoms with Crippen LogP contribution < -0.4 is 5.73 Å². The molecule has 0 spiro atoms. The van der Waals surface area contributed by atoms with Crippen LogP contribution in [0.5, 0.6) is 0 Å². The Kier molecular flexibility index (Phi) is 3.17. The third-order valence-corrected chi connectivity index (χ3v) is 2.67. The maximum atomic E-state index is 5.98. The fourth-order valence-electron chi connectivity index (χ4n) is 1.83. The molecule has 0 saturated carbocycles. The van der Waals surface area contributed by atoms with Gasteiger partial charge in [0.1, 0.15) is 0 Å². The van der Waals surface area contributed by atoms with Crippen LogP contribution in [-0.4, -0.2) is 18.7 Å². The molecule has 16 heavy (non-hydrogen) atoms. The number of pyridine rings is 1. The maximum absolute atomic E-state index is 5.98. The minimum atomic E-state index is -0.159. The van der Waals surface area contributed by atoms with Crippen LogP contribution in [0.1, 0.15) is 17.3 Å². The van der Waals surface area contributed by atoms with Gasteiger partial charge in [0.15, 0.2) is 0 Å². The third kappa shape index (κ3) is 2.05. The summed E-state index contributed by atoms with van der Waals surface area (Å²) in [6.45, 7) is 2.57. The molecule has 2 aromatic rings. The highest BCUT2D eigenvalue weighted by atomic mass is 16.5. The van der Waals surface area contributed by atoms with Gasteiger partial charge in [0.05, 0.1) is 23.9 Å². The SMILES string of the molecule is COCC(N)c1cc(C)c2ccccc2n1. The molecule has 1 aromatic heterocycles. The van der Waals surface area contributed by atoms with Crippen LogP contribution in [0.15, 0.2) is 30.3 Å². The highest BCUT2D eigenvalue weighted by molar-refractivity contribution is 5.82. The Hall–Kier alpha value is -1.45. The Bertz CT molecular complexity index is 496. The predicted molar refractivity (Wildman–Crippen MR) is 65.3 cm³/mol. The van der Waals surface area contributed by atoms with Gasteiger partial charge in [-0.05, 0) is 24.6 Å². The van der Waals surface area contributed by atoms with Crippen LogP contribution in [0, 0.1) is 6.92 Å². The minimum absolute atomic E-state index is 0.159. The van der Waals surface area contributed by atoms with Gasteiger partial charge in [0, 0.05) is 12.5 Å². The molecule has 2 N–H and O–H groups in total. The number of aromatic nitrogens is 1. The molecule has 0 aliphatic carbocycles. The van der Waals surface area contributed by atoms with E-state index in [2.05, 4.69) is 18.0 Å². The van der Waals surface area contributed by atoms with Gasteiger partial charge in [-0.3, -0.25) is 4.98 Å². The van der Waals surface area contributed by atoms with Gasteiger partial charge >= 0.3 is 0 Å². The number of methoxy groups -OCH3 is 1. The Morgan fingerprint density at radius 1 is 1.38 bits per heavy atom. The van der Waals surface area contributed by atoms with Crippen LogP contribution >= 0.6 is 0 Å². The molecule has 0 amide bonds. The normalized spacial score (nSPS) is 12.9. The van der Waals surface area contributed by atoms with Crippen LogP contribution in [0.25, 0.3) is 10.9 Å². The molecule has 0 aliphatic heterocycles. The van der Waals surface area contributed by atoms with E-state index in [0.29, 0.717) is 6.61 Å². The Labute approximate surface area is 95.2 Å². The standard InChI is InChI=1S/C13H16N2O/c1-9-7-13(11(14)8-16-2)15-12-6-4-3-5-10(9)12/h3-7,11H,8,14H2,1-2H3. The van der Waals surface area contributed by atoms with Crippen LogP contribution in [0.4, 0.5) is 0 Å². The minimum Gasteiger partial charge on any atom is -0.383 e. The summed E-state index contributed by atoms with van der Waals surface area (Å²) in [6.07, 6.45) is 0. The van der Waals surface area contributed by atoms with E-state index >= 15 is 0 Å². The first kappa shape index (κ1) is 11.0. The maximum Gasteiger partial charge on any atom is 0.0708 e. The van der Waals surface area contributed by atoms with Gasteiger partial charge in [-0.15, -0.1) is 0 Å². The smallest absolute Gasteiger partial charge is 0.0708 e. The monoisotopic (exact) mass is 216 g/mol. The second kappa shape index (κ2) is 4.60. The molecule has 2 rings (SSSR count). The van der Waals surface area contributed by atoms with Crippen molar-refractivity contribution in [3.8, 4) is 0 Å². The van der Waals surface area contributed by atoms with Crippen molar-refractivity contribution in [2.45, 2.75) is 13.0 Å². The van der Waals surface area contributed by atoms with Crippen molar-refractivity contribution in [1.82, 2.24) is 4.98 Å². The fraction of sp³-hybridized carbons (Fsp3) is 0.308. The number of hydrogen-bond donors (Lipinski definition) is 1. The first-order valence-corrected chi connectivity index (χ1v) is 5.33. The second-order valence-electron chi connectivity index (χ2n) is 3.94. The van der Waals surface area contributed by atoms with Crippen LogP contribution in [-0.2, 0) is 4.74 Å². The van der Waals surface area contributed by atoms with E-state index in [0.717, 1.165) is 11.2 Å². The molecule has 0 fully saturated rings. The lowest BCUT2D eigenvalue weighted by molar-refractivity contribution is 0.179. The zero-order valence-corrected chi connectivity index (χ0v) is 9.60. The zero-order valence-electron chi connectivity index (χ0n) is 9.60. The van der Waals surface area contributed by atoms with Crippen molar-refractivity contribution in [3.63, 3.8) is 0 Å². The number of hydrogen-bond acceptors (Lipinski definition) is 3. The summed E-state index contributed by atoms with van der Waals surface area (Å²) in [6, 6.07) is 9.96. The van der Waals surface area contributed by atoms with Crippen molar-refractivity contribution >= 4 is 10.9 Å². The van der Waals surface area contributed by atoms with E-state index in [1.54, 1.807) is 7.11 Å². The largest absolute Gasteiger partial charge is 0.383 e. The first-order chi connectivity index (χ1) is 7.72. The topological polar surface area (TPSA) is 48.1 Å². The number of aryl methyl sites for hydroxylation is 1. The lowest BCUT2D eigenvalue weighted by atomic mass is 10.1. The van der Waals surface area contributed by atoms with E-state index in [-0.39, 0.29) is 6.04 Å². The summed E-state index contributed by atoms with van der Waals surface area (Å²) in [5.41, 5.74) is 9.06. The molecule has 84 valence electrons. The zero-order chi connectivity index (χ0) is 11.5. The number of nitrogens with two attached hydrogens (primary N) is 1. The molecule has 1 unspecified atom stereocenters. The number of fused-ring (bicyclic) bond motifs is 1. The van der Waals surface area contributed by atoms with E-state index in [1.807, 2.05) is 24.3 Å². The van der Waals surface area contributed by atoms with Crippen molar-refractivity contribution < 1.29 is 4.74 Å². The van der Waals surface area contributed by atoms with Gasteiger partial charge in [-0.2, -0.15) is 0 Å². The quantitative estimate of drug-likeness (QED) is 0.855. The number of nitrogens with zero attached hydrogens (tertiary/aromatic N) is 1. The summed E-state index contributed by atoms with van der Waals surface area (Å²) in [5, 5.41) is 1.18. The summed E-state index contributed by atoms with van der Waals surface area (Å²) < 4.78 is 5.04. The van der Waals surface area contributed by atoms with Crippen molar-refractivity contribution in [1.29, 1.82) is 0 Å². The molecule has 1 aromatic carbocycles. The molecular weight excluding hydrogens is 200 g/mol. The second-order valence-corrected chi connectivity index (χ2v) is 3.94. The summed E-state index contributed by atoms with van der Waals surface area (Å²) in [4.78, 5) is 4.55. The molecule has 3 nitrogen and oxygen atoms in total. The van der Waals surface area contributed by atoms with E-state index in [1.165, 1.54) is 10.9 Å². The van der Waals surface area contributed by atoms with Crippen molar-refractivity contribution in [2.24, 2.45) is 5.73 Å². The van der Waals surface area contributed by atoms with Gasteiger partial charge in [-0.25, -0.2) is 0 Å². The summed E-state index contributed by atoms with van der Waals surface area (Å²) >= 11 is 0. The molecule has 0 radical (unpaired) electrons. The lowest BCUT2D eigenvalue weighted by Crippen LogP contribution is -2.17. The molecule has 3 heteroatoms. The molecule has 0 aliphatic rings. The van der Waals surface area contributed by atoms with Crippen molar-refractivity contribution in [2.75, 3.05) is 13.7 Å². The van der Waals surface area contributed by atoms with Crippen molar-refractivity contribution in [3.05, 3.63) is 41.6 Å². The number of benzene rings is 1. The highest BCUT2D eigenvalue weighted by Gasteiger charge is 2.09. The fourth-order valence-corrected chi connectivity index (χ4v) is 1.83. The van der Waals surface area contributed by atoms with Gasteiger partial charge < -0.3 is 10.5 Å². The average molecular weight is 216 g/mol. The van der Waals surface area contributed by atoms with Gasteiger partial charge in [0.2, 0.25) is 0 Å².